The van der Waals surface area contributed by atoms with Crippen molar-refractivity contribution >= 4 is 0 Å². The van der Waals surface area contributed by atoms with E-state index in [1.165, 1.54) is 0 Å². The number of nitrogens with one attached hydrogen (secondary N) is 1. The topological polar surface area (TPSA) is 30.5 Å². The van der Waals surface area contributed by atoms with Crippen molar-refractivity contribution in [2.45, 2.75) is 19.4 Å². The Bertz CT molecular complexity index is 359. The molecule has 0 radical (unpaired) electrons. The zero-order valence-electron chi connectivity index (χ0n) is 9.46. The Morgan fingerprint density at radius 3 is 2.60 bits per heavy atom. The number of para-hydroxylation sites is 1. The number of benzene rings is 1. The largest absolute Gasteiger partial charge is 0.493 e. The molecule has 3 nitrogen and oxygen atoms in total. The molecule has 0 aromatic heterocycles. The van der Waals surface area contributed by atoms with Gasteiger partial charge in [0.1, 0.15) is 5.60 Å². The van der Waals surface area contributed by atoms with Crippen molar-refractivity contribution in [3.05, 3.63) is 23.8 Å². The van der Waals surface area contributed by atoms with E-state index in [4.69, 9.17) is 9.47 Å². The van der Waals surface area contributed by atoms with Gasteiger partial charge in [0.25, 0.3) is 0 Å². The monoisotopic (exact) mass is 207 g/mol. The molecule has 0 amide bonds. The normalized spacial score (nSPS) is 18.1. The van der Waals surface area contributed by atoms with Crippen molar-refractivity contribution in [2.24, 2.45) is 0 Å². The summed E-state index contributed by atoms with van der Waals surface area (Å²) >= 11 is 0. The fourth-order valence-electron chi connectivity index (χ4n) is 1.71. The molecule has 0 unspecified atom stereocenters. The molecule has 0 atom stereocenters. The van der Waals surface area contributed by atoms with E-state index in [0.29, 0.717) is 0 Å². The minimum absolute atomic E-state index is 0.0839. The van der Waals surface area contributed by atoms with Crippen LogP contribution in [0, 0.1) is 6.92 Å². The maximum atomic E-state index is 6.00. The standard InChI is InChI=1S/C12H17NO2/c1-9-5-4-6-10(14-3)11(9)15-12(2)7-13-8-12/h4-6,13H,7-8H2,1-3H3. The Labute approximate surface area is 90.4 Å². The first-order chi connectivity index (χ1) is 7.14. The number of hydrogen-bond acceptors (Lipinski definition) is 3. The van der Waals surface area contributed by atoms with Crippen LogP contribution in [-0.2, 0) is 0 Å². The average Bonchev–Trinajstić information content (AvgIpc) is 2.18. The maximum Gasteiger partial charge on any atom is 0.165 e. The molecule has 15 heavy (non-hydrogen) atoms. The molecule has 82 valence electrons. The quantitative estimate of drug-likeness (QED) is 0.819. The van der Waals surface area contributed by atoms with E-state index in [0.717, 1.165) is 30.2 Å². The fraction of sp³-hybridized carbons (Fsp3) is 0.500. The van der Waals surface area contributed by atoms with Crippen LogP contribution >= 0.6 is 0 Å². The van der Waals surface area contributed by atoms with Crippen LogP contribution < -0.4 is 14.8 Å². The molecule has 1 N–H and O–H groups in total. The first-order valence-electron chi connectivity index (χ1n) is 5.18. The van der Waals surface area contributed by atoms with E-state index >= 15 is 0 Å². The highest BCUT2D eigenvalue weighted by molar-refractivity contribution is 5.46. The fourth-order valence-corrected chi connectivity index (χ4v) is 1.71. The SMILES string of the molecule is COc1cccc(C)c1OC1(C)CNC1. The molecular weight excluding hydrogens is 190 g/mol. The summed E-state index contributed by atoms with van der Waals surface area (Å²) in [6, 6.07) is 5.94. The van der Waals surface area contributed by atoms with Crippen LogP contribution in [0.15, 0.2) is 18.2 Å². The molecule has 2 rings (SSSR count). The average molecular weight is 207 g/mol. The van der Waals surface area contributed by atoms with E-state index in [1.807, 2.05) is 25.1 Å². The predicted octanol–water partition coefficient (Wildman–Crippen LogP) is 1.74. The van der Waals surface area contributed by atoms with Gasteiger partial charge >= 0.3 is 0 Å². The Morgan fingerprint density at radius 1 is 1.33 bits per heavy atom. The summed E-state index contributed by atoms with van der Waals surface area (Å²) in [5.41, 5.74) is 1.03. The third kappa shape index (κ3) is 1.92. The van der Waals surface area contributed by atoms with Crippen LogP contribution in [0.1, 0.15) is 12.5 Å². The summed E-state index contributed by atoms with van der Waals surface area (Å²) in [5.74, 6) is 1.67. The van der Waals surface area contributed by atoms with Crippen LogP contribution in [0.4, 0.5) is 0 Å². The minimum Gasteiger partial charge on any atom is -0.493 e. The van der Waals surface area contributed by atoms with Gasteiger partial charge < -0.3 is 14.8 Å². The molecule has 0 spiro atoms. The zero-order valence-corrected chi connectivity index (χ0v) is 9.46. The van der Waals surface area contributed by atoms with Crippen LogP contribution in [0.3, 0.4) is 0 Å². The minimum atomic E-state index is -0.0839. The lowest BCUT2D eigenvalue weighted by molar-refractivity contribution is 0.0317. The van der Waals surface area contributed by atoms with Gasteiger partial charge in [0.15, 0.2) is 11.5 Å². The number of methoxy groups -OCH3 is 1. The van der Waals surface area contributed by atoms with Crippen LogP contribution in [0.2, 0.25) is 0 Å². The van der Waals surface area contributed by atoms with E-state index in [-0.39, 0.29) is 5.60 Å². The van der Waals surface area contributed by atoms with E-state index in [1.54, 1.807) is 7.11 Å². The molecule has 1 fully saturated rings. The van der Waals surface area contributed by atoms with E-state index in [9.17, 15) is 0 Å². The second-order valence-corrected chi connectivity index (χ2v) is 4.26. The third-order valence-electron chi connectivity index (χ3n) is 2.74. The predicted molar refractivity (Wildman–Crippen MR) is 59.6 cm³/mol. The Hall–Kier alpha value is -1.22. The second kappa shape index (κ2) is 3.74. The Kier molecular flexibility index (Phi) is 2.57. The summed E-state index contributed by atoms with van der Waals surface area (Å²) in [7, 11) is 1.67. The molecule has 1 aliphatic heterocycles. The third-order valence-corrected chi connectivity index (χ3v) is 2.74. The number of aryl methyl sites for hydroxylation is 1. The molecule has 1 aromatic rings. The molecule has 1 aliphatic rings. The van der Waals surface area contributed by atoms with Gasteiger partial charge in [0, 0.05) is 13.1 Å². The Balaban J connectivity index is 2.26. The smallest absolute Gasteiger partial charge is 0.165 e. The highest BCUT2D eigenvalue weighted by Crippen LogP contribution is 2.34. The van der Waals surface area contributed by atoms with E-state index < -0.39 is 0 Å². The summed E-state index contributed by atoms with van der Waals surface area (Å²) in [6.07, 6.45) is 0. The van der Waals surface area contributed by atoms with Crippen molar-refractivity contribution in [1.29, 1.82) is 0 Å². The van der Waals surface area contributed by atoms with Crippen LogP contribution in [0.5, 0.6) is 11.5 Å². The highest BCUT2D eigenvalue weighted by atomic mass is 16.5. The molecule has 1 aromatic carbocycles. The van der Waals surface area contributed by atoms with Crippen molar-refractivity contribution in [1.82, 2.24) is 5.32 Å². The van der Waals surface area contributed by atoms with E-state index in [2.05, 4.69) is 12.2 Å². The second-order valence-electron chi connectivity index (χ2n) is 4.26. The number of rotatable bonds is 3. The maximum absolute atomic E-state index is 6.00. The highest BCUT2D eigenvalue weighted by Gasteiger charge is 2.34. The molecule has 0 saturated carbocycles. The van der Waals surface area contributed by atoms with Crippen molar-refractivity contribution in [3.63, 3.8) is 0 Å². The van der Waals surface area contributed by atoms with Gasteiger partial charge in [0.05, 0.1) is 7.11 Å². The summed E-state index contributed by atoms with van der Waals surface area (Å²) in [4.78, 5) is 0. The first kappa shape index (κ1) is 10.3. The van der Waals surface area contributed by atoms with Gasteiger partial charge in [-0.05, 0) is 25.5 Å². The molecule has 3 heteroatoms. The lowest BCUT2D eigenvalue weighted by Crippen LogP contribution is -2.61. The molecule has 0 aliphatic carbocycles. The van der Waals surface area contributed by atoms with Gasteiger partial charge in [-0.1, -0.05) is 12.1 Å². The number of ether oxygens (including phenoxy) is 2. The van der Waals surface area contributed by atoms with Gasteiger partial charge in [-0.15, -0.1) is 0 Å². The number of hydrogen-bond donors (Lipinski definition) is 1. The van der Waals surface area contributed by atoms with Gasteiger partial charge in [-0.3, -0.25) is 0 Å². The van der Waals surface area contributed by atoms with Gasteiger partial charge in [0.2, 0.25) is 0 Å². The summed E-state index contributed by atoms with van der Waals surface area (Å²) in [6.45, 7) is 5.93. The lowest BCUT2D eigenvalue weighted by Gasteiger charge is -2.40. The zero-order chi connectivity index (χ0) is 10.9. The Morgan fingerprint density at radius 2 is 2.07 bits per heavy atom. The molecule has 0 bridgehead atoms. The van der Waals surface area contributed by atoms with Crippen LogP contribution in [0.25, 0.3) is 0 Å². The lowest BCUT2D eigenvalue weighted by atomic mass is 9.99. The van der Waals surface area contributed by atoms with Gasteiger partial charge in [-0.2, -0.15) is 0 Å². The summed E-state index contributed by atoms with van der Waals surface area (Å²) < 4.78 is 11.3. The summed E-state index contributed by atoms with van der Waals surface area (Å²) in [5, 5.41) is 3.21. The van der Waals surface area contributed by atoms with Crippen molar-refractivity contribution < 1.29 is 9.47 Å². The molecule has 1 saturated heterocycles. The van der Waals surface area contributed by atoms with Crippen molar-refractivity contribution in [2.75, 3.05) is 20.2 Å². The van der Waals surface area contributed by atoms with Gasteiger partial charge in [-0.25, -0.2) is 0 Å². The van der Waals surface area contributed by atoms with Crippen molar-refractivity contribution in [3.8, 4) is 11.5 Å². The van der Waals surface area contributed by atoms with Crippen LogP contribution in [-0.4, -0.2) is 25.8 Å². The molecule has 1 heterocycles. The molecular formula is C12H17NO2. The first-order valence-corrected chi connectivity index (χ1v) is 5.18.